The van der Waals surface area contributed by atoms with Crippen molar-refractivity contribution in [2.45, 2.75) is 38.2 Å². The van der Waals surface area contributed by atoms with Crippen molar-refractivity contribution in [3.63, 3.8) is 0 Å². The van der Waals surface area contributed by atoms with Crippen molar-refractivity contribution >= 4 is 40.5 Å². The standard InChI is InChI=1S/C31H27ClFNO4S/c1-18(23-6-4-5-7-25(23)33)38-30(36)34-26-17-28(32)39-29(26)21-10-13-24(27(16-21)37-3)20-8-11-22(12-9-20)31(14-15-31)19(2)35/h4-13,16-18H,14-15H2,1-3H3,(H,34,36)/t18-/m1/s1. The minimum atomic E-state index is -0.778. The molecule has 4 aromatic rings. The lowest BCUT2D eigenvalue weighted by Gasteiger charge is -2.16. The highest BCUT2D eigenvalue weighted by Crippen LogP contribution is 2.49. The number of nitrogens with one attached hydrogen (secondary N) is 1. The number of anilines is 1. The molecule has 1 N–H and O–H groups in total. The van der Waals surface area contributed by atoms with Gasteiger partial charge in [0.05, 0.1) is 27.4 Å². The van der Waals surface area contributed by atoms with Gasteiger partial charge in [-0.3, -0.25) is 10.1 Å². The molecule has 0 aliphatic heterocycles. The van der Waals surface area contributed by atoms with Crippen molar-refractivity contribution in [3.05, 3.63) is 94.1 Å². The van der Waals surface area contributed by atoms with Gasteiger partial charge in [-0.15, -0.1) is 11.3 Å². The molecule has 1 fully saturated rings. The van der Waals surface area contributed by atoms with Gasteiger partial charge >= 0.3 is 6.09 Å². The van der Waals surface area contributed by atoms with Crippen LogP contribution in [-0.2, 0) is 14.9 Å². The highest BCUT2D eigenvalue weighted by atomic mass is 35.5. The minimum absolute atomic E-state index is 0.210. The Kier molecular flexibility index (Phi) is 7.47. The van der Waals surface area contributed by atoms with Crippen LogP contribution in [0, 0.1) is 5.82 Å². The van der Waals surface area contributed by atoms with E-state index in [2.05, 4.69) is 5.32 Å². The average molecular weight is 564 g/mol. The average Bonchev–Trinajstić information content (AvgIpc) is 3.66. The predicted molar refractivity (Wildman–Crippen MR) is 153 cm³/mol. The van der Waals surface area contributed by atoms with E-state index in [0.717, 1.165) is 40.0 Å². The van der Waals surface area contributed by atoms with Crippen LogP contribution in [0.2, 0.25) is 4.34 Å². The van der Waals surface area contributed by atoms with E-state index in [1.165, 1.54) is 17.4 Å². The zero-order valence-electron chi connectivity index (χ0n) is 21.7. The second-order valence-electron chi connectivity index (χ2n) is 9.62. The summed E-state index contributed by atoms with van der Waals surface area (Å²) >= 11 is 7.63. The molecule has 1 amide bonds. The van der Waals surface area contributed by atoms with Gasteiger partial charge in [-0.2, -0.15) is 0 Å². The molecule has 0 radical (unpaired) electrons. The smallest absolute Gasteiger partial charge is 0.412 e. The van der Waals surface area contributed by atoms with Crippen LogP contribution < -0.4 is 10.1 Å². The van der Waals surface area contributed by atoms with E-state index in [4.69, 9.17) is 21.1 Å². The Bertz CT molecular complexity index is 1540. The van der Waals surface area contributed by atoms with Crippen molar-refractivity contribution in [2.75, 3.05) is 12.4 Å². The Hall–Kier alpha value is -3.68. The van der Waals surface area contributed by atoms with Crippen LogP contribution in [0.3, 0.4) is 0 Å². The van der Waals surface area contributed by atoms with Crippen LogP contribution >= 0.6 is 22.9 Å². The second-order valence-corrected chi connectivity index (χ2v) is 11.3. The lowest BCUT2D eigenvalue weighted by Crippen LogP contribution is -2.16. The summed E-state index contributed by atoms with van der Waals surface area (Å²) in [5.41, 5.74) is 4.17. The first-order chi connectivity index (χ1) is 18.7. The van der Waals surface area contributed by atoms with E-state index < -0.39 is 18.0 Å². The minimum Gasteiger partial charge on any atom is -0.496 e. The molecule has 39 heavy (non-hydrogen) atoms. The fraction of sp³-hybridized carbons (Fsp3) is 0.226. The molecule has 1 aromatic heterocycles. The maximum atomic E-state index is 14.1. The number of hydrogen-bond donors (Lipinski definition) is 1. The van der Waals surface area contributed by atoms with Crippen LogP contribution in [0.5, 0.6) is 5.75 Å². The fourth-order valence-corrected chi connectivity index (χ4v) is 6.02. The number of methoxy groups -OCH3 is 1. The Morgan fingerprint density at radius 3 is 2.36 bits per heavy atom. The van der Waals surface area contributed by atoms with Crippen LogP contribution in [0.15, 0.2) is 72.8 Å². The molecular formula is C31H27ClFNO4S. The molecule has 5 rings (SSSR count). The SMILES string of the molecule is COc1cc(-c2sc(Cl)cc2NC(=O)O[C@H](C)c2ccccc2F)ccc1-c1ccc(C2(C(C)=O)CC2)cc1. The highest BCUT2D eigenvalue weighted by molar-refractivity contribution is 7.20. The maximum absolute atomic E-state index is 14.1. The van der Waals surface area contributed by atoms with Gasteiger partial charge in [0.2, 0.25) is 0 Å². The molecule has 0 saturated heterocycles. The first-order valence-corrected chi connectivity index (χ1v) is 13.7. The Morgan fingerprint density at radius 2 is 1.72 bits per heavy atom. The van der Waals surface area contributed by atoms with Crippen molar-refractivity contribution in [3.8, 4) is 27.3 Å². The number of benzene rings is 3. The number of carbonyl (C=O) groups excluding carboxylic acids is 2. The summed E-state index contributed by atoms with van der Waals surface area (Å²) in [6.45, 7) is 3.27. The van der Waals surface area contributed by atoms with Crippen molar-refractivity contribution in [2.24, 2.45) is 0 Å². The molecule has 0 bridgehead atoms. The van der Waals surface area contributed by atoms with Crippen LogP contribution in [0.1, 0.15) is 43.9 Å². The normalized spacial score (nSPS) is 14.4. The van der Waals surface area contributed by atoms with Crippen LogP contribution in [-0.4, -0.2) is 19.0 Å². The molecule has 200 valence electrons. The zero-order chi connectivity index (χ0) is 27.7. The number of halogens is 2. The number of thiophene rings is 1. The topological polar surface area (TPSA) is 64.6 Å². The third-order valence-electron chi connectivity index (χ3n) is 7.20. The van der Waals surface area contributed by atoms with Gasteiger partial charge in [-0.05, 0) is 61.6 Å². The summed E-state index contributed by atoms with van der Waals surface area (Å²) in [7, 11) is 1.61. The summed E-state index contributed by atoms with van der Waals surface area (Å²) in [5.74, 6) is 0.422. The highest BCUT2D eigenvalue weighted by Gasteiger charge is 2.48. The van der Waals surface area contributed by atoms with E-state index in [0.29, 0.717) is 15.8 Å². The van der Waals surface area contributed by atoms with Gasteiger partial charge < -0.3 is 9.47 Å². The molecule has 8 heteroatoms. The van der Waals surface area contributed by atoms with Gasteiger partial charge in [0.25, 0.3) is 0 Å². The fourth-order valence-electron chi connectivity index (χ4n) is 4.85. The summed E-state index contributed by atoms with van der Waals surface area (Å²) in [4.78, 5) is 25.5. The van der Waals surface area contributed by atoms with Gasteiger partial charge in [0.15, 0.2) is 0 Å². The summed E-state index contributed by atoms with van der Waals surface area (Å²) in [6.07, 6.45) is 0.299. The van der Waals surface area contributed by atoms with E-state index in [-0.39, 0.29) is 16.8 Å². The molecular weight excluding hydrogens is 537 g/mol. The monoisotopic (exact) mass is 563 g/mol. The molecule has 1 atom stereocenters. The zero-order valence-corrected chi connectivity index (χ0v) is 23.3. The summed E-state index contributed by atoms with van der Waals surface area (Å²) < 4.78 is 25.7. The van der Waals surface area contributed by atoms with E-state index in [1.54, 1.807) is 45.2 Å². The number of Topliss-reactive ketones (excluding diaryl/α,β-unsaturated/α-hetero) is 1. The number of carbonyl (C=O) groups is 2. The number of ether oxygens (including phenoxy) is 2. The third kappa shape index (κ3) is 5.42. The molecule has 1 aliphatic carbocycles. The lowest BCUT2D eigenvalue weighted by atomic mass is 9.90. The molecule has 5 nitrogen and oxygen atoms in total. The number of ketones is 1. The molecule has 1 aliphatic rings. The maximum Gasteiger partial charge on any atom is 0.412 e. The van der Waals surface area contributed by atoms with Gasteiger partial charge in [-0.25, -0.2) is 9.18 Å². The van der Waals surface area contributed by atoms with Gasteiger partial charge in [-0.1, -0.05) is 66.2 Å². The number of hydrogen-bond acceptors (Lipinski definition) is 5. The first-order valence-electron chi connectivity index (χ1n) is 12.5. The van der Waals surface area contributed by atoms with Crippen LogP contribution in [0.25, 0.3) is 21.6 Å². The molecule has 0 unspecified atom stereocenters. The van der Waals surface area contributed by atoms with Crippen molar-refractivity contribution in [1.82, 2.24) is 0 Å². The molecule has 0 spiro atoms. The van der Waals surface area contributed by atoms with Crippen molar-refractivity contribution in [1.29, 1.82) is 0 Å². The Balaban J connectivity index is 1.37. The quantitative estimate of drug-likeness (QED) is 0.232. The number of amides is 1. The Labute approximate surface area is 235 Å². The number of rotatable bonds is 8. The van der Waals surface area contributed by atoms with Crippen molar-refractivity contribution < 1.29 is 23.5 Å². The van der Waals surface area contributed by atoms with Gasteiger partial charge in [0.1, 0.15) is 23.5 Å². The second kappa shape index (κ2) is 10.8. The largest absolute Gasteiger partial charge is 0.496 e. The summed E-state index contributed by atoms with van der Waals surface area (Å²) in [5, 5.41) is 2.74. The molecule has 1 heterocycles. The first kappa shape index (κ1) is 26.9. The predicted octanol–water partition coefficient (Wildman–Crippen LogP) is 8.81. The third-order valence-corrected chi connectivity index (χ3v) is 8.52. The Morgan fingerprint density at radius 1 is 1.03 bits per heavy atom. The van der Waals surface area contributed by atoms with E-state index in [1.807, 2.05) is 42.5 Å². The molecule has 3 aromatic carbocycles. The summed E-state index contributed by atoms with van der Waals surface area (Å²) in [6, 6.07) is 21.7. The molecule has 1 saturated carbocycles. The van der Waals surface area contributed by atoms with E-state index >= 15 is 0 Å². The van der Waals surface area contributed by atoms with Gasteiger partial charge in [0, 0.05) is 11.1 Å². The lowest BCUT2D eigenvalue weighted by molar-refractivity contribution is -0.119. The van der Waals surface area contributed by atoms with Crippen LogP contribution in [0.4, 0.5) is 14.9 Å². The van der Waals surface area contributed by atoms with E-state index in [9.17, 15) is 14.0 Å².